The fourth-order valence-electron chi connectivity index (χ4n) is 1.51. The second-order valence-electron chi connectivity index (χ2n) is 3.88. The van der Waals surface area contributed by atoms with E-state index in [1.165, 1.54) is 19.1 Å². The van der Waals surface area contributed by atoms with Gasteiger partial charge in [0, 0.05) is 6.26 Å². The number of rotatable bonds is 5. The third-order valence-electron chi connectivity index (χ3n) is 2.40. The van der Waals surface area contributed by atoms with Crippen molar-refractivity contribution in [2.45, 2.75) is 37.5 Å². The average molecular weight is 226 g/mol. The highest BCUT2D eigenvalue weighted by molar-refractivity contribution is 7.90. The zero-order valence-corrected chi connectivity index (χ0v) is 10.2. The molecule has 0 heterocycles. The van der Waals surface area contributed by atoms with E-state index < -0.39 is 9.84 Å². The minimum Gasteiger partial charge on any atom is -0.224 e. The van der Waals surface area contributed by atoms with Crippen LogP contribution in [0.1, 0.15) is 31.7 Å². The van der Waals surface area contributed by atoms with E-state index in [0.717, 1.165) is 18.4 Å². The van der Waals surface area contributed by atoms with Crippen molar-refractivity contribution in [3.63, 3.8) is 0 Å². The minimum absolute atomic E-state index is 0.427. The van der Waals surface area contributed by atoms with Crippen LogP contribution in [0.3, 0.4) is 0 Å². The molecular formula is C12H18O2S. The summed E-state index contributed by atoms with van der Waals surface area (Å²) < 4.78 is 22.6. The second-order valence-corrected chi connectivity index (χ2v) is 5.89. The van der Waals surface area contributed by atoms with Gasteiger partial charge in [0.2, 0.25) is 0 Å². The number of hydrogen-bond donors (Lipinski definition) is 0. The highest BCUT2D eigenvalue weighted by atomic mass is 32.2. The number of sulfone groups is 1. The Kier molecular flexibility index (Phi) is 4.33. The van der Waals surface area contributed by atoms with Crippen molar-refractivity contribution in [1.82, 2.24) is 0 Å². The highest BCUT2D eigenvalue weighted by Gasteiger charge is 2.06. The van der Waals surface area contributed by atoms with Gasteiger partial charge in [0.25, 0.3) is 0 Å². The first-order valence-electron chi connectivity index (χ1n) is 5.33. The van der Waals surface area contributed by atoms with Crippen molar-refractivity contribution in [2.75, 3.05) is 6.26 Å². The summed E-state index contributed by atoms with van der Waals surface area (Å²) in [7, 11) is -3.06. The number of unbranched alkanes of at least 4 members (excludes halogenated alkanes) is 2. The SMILES string of the molecule is CCCCCc1cccc(S(C)(=O)=O)c1. The Labute approximate surface area is 92.2 Å². The molecule has 0 aliphatic carbocycles. The smallest absolute Gasteiger partial charge is 0.175 e. The van der Waals surface area contributed by atoms with Gasteiger partial charge in [0.05, 0.1) is 4.90 Å². The number of aryl methyl sites for hydroxylation is 1. The van der Waals surface area contributed by atoms with Gasteiger partial charge in [-0.15, -0.1) is 0 Å². The molecule has 0 radical (unpaired) electrons. The first kappa shape index (κ1) is 12.2. The van der Waals surface area contributed by atoms with Crippen LogP contribution in [-0.4, -0.2) is 14.7 Å². The lowest BCUT2D eigenvalue weighted by Gasteiger charge is -2.03. The molecule has 1 rings (SSSR count). The maximum Gasteiger partial charge on any atom is 0.175 e. The van der Waals surface area contributed by atoms with E-state index in [0.29, 0.717) is 4.90 Å². The summed E-state index contributed by atoms with van der Waals surface area (Å²) in [6.07, 6.45) is 5.73. The molecule has 1 aromatic rings. The zero-order chi connectivity index (χ0) is 11.3. The van der Waals surface area contributed by atoms with Crippen LogP contribution < -0.4 is 0 Å². The van der Waals surface area contributed by atoms with Crippen LogP contribution in [0.5, 0.6) is 0 Å². The molecule has 0 aliphatic rings. The van der Waals surface area contributed by atoms with Gasteiger partial charge in [0.15, 0.2) is 9.84 Å². The van der Waals surface area contributed by atoms with Crippen LogP contribution in [0.15, 0.2) is 29.2 Å². The third kappa shape index (κ3) is 4.04. The summed E-state index contributed by atoms with van der Waals surface area (Å²) in [4.78, 5) is 0.427. The molecule has 0 amide bonds. The maximum absolute atomic E-state index is 11.3. The van der Waals surface area contributed by atoms with E-state index in [2.05, 4.69) is 6.92 Å². The molecule has 15 heavy (non-hydrogen) atoms. The summed E-state index contributed by atoms with van der Waals surface area (Å²) in [5.74, 6) is 0. The van der Waals surface area contributed by atoms with E-state index >= 15 is 0 Å². The van der Waals surface area contributed by atoms with Gasteiger partial charge in [0.1, 0.15) is 0 Å². The standard InChI is InChI=1S/C12H18O2S/c1-3-4-5-7-11-8-6-9-12(10-11)15(2,13)14/h6,8-10H,3-5,7H2,1-2H3. The second kappa shape index (κ2) is 5.31. The molecule has 2 nitrogen and oxygen atoms in total. The lowest BCUT2D eigenvalue weighted by atomic mass is 10.1. The first-order valence-corrected chi connectivity index (χ1v) is 7.22. The summed E-state index contributed by atoms with van der Waals surface area (Å²) >= 11 is 0. The van der Waals surface area contributed by atoms with Gasteiger partial charge in [-0.2, -0.15) is 0 Å². The van der Waals surface area contributed by atoms with E-state index in [1.54, 1.807) is 12.1 Å². The molecule has 0 unspecified atom stereocenters. The zero-order valence-electron chi connectivity index (χ0n) is 9.36. The van der Waals surface area contributed by atoms with Crippen LogP contribution in [0.2, 0.25) is 0 Å². The predicted octanol–water partition coefficient (Wildman–Crippen LogP) is 2.82. The molecule has 0 aliphatic heterocycles. The van der Waals surface area contributed by atoms with Gasteiger partial charge in [-0.1, -0.05) is 31.9 Å². The van der Waals surface area contributed by atoms with Crippen LogP contribution >= 0.6 is 0 Å². The molecule has 0 atom stereocenters. The van der Waals surface area contributed by atoms with Crippen LogP contribution in [0.4, 0.5) is 0 Å². The maximum atomic E-state index is 11.3. The van der Waals surface area contributed by atoms with E-state index in [-0.39, 0.29) is 0 Å². The molecular weight excluding hydrogens is 208 g/mol. The van der Waals surface area contributed by atoms with E-state index in [4.69, 9.17) is 0 Å². The quantitative estimate of drug-likeness (QED) is 0.723. The average Bonchev–Trinajstić information content (AvgIpc) is 2.17. The van der Waals surface area contributed by atoms with Gasteiger partial charge in [-0.05, 0) is 30.5 Å². The summed E-state index contributed by atoms with van der Waals surface area (Å²) in [6.45, 7) is 2.16. The normalized spacial score (nSPS) is 11.6. The Morgan fingerprint density at radius 1 is 1.20 bits per heavy atom. The van der Waals surface area contributed by atoms with Gasteiger partial charge >= 0.3 is 0 Å². The molecule has 0 saturated carbocycles. The van der Waals surface area contributed by atoms with Crippen molar-refractivity contribution in [2.24, 2.45) is 0 Å². The fraction of sp³-hybridized carbons (Fsp3) is 0.500. The molecule has 3 heteroatoms. The van der Waals surface area contributed by atoms with Crippen LogP contribution in [0, 0.1) is 0 Å². The molecule has 84 valence electrons. The van der Waals surface area contributed by atoms with Crippen molar-refractivity contribution >= 4 is 9.84 Å². The summed E-state index contributed by atoms with van der Waals surface area (Å²) in [5, 5.41) is 0. The Hall–Kier alpha value is -0.830. The molecule has 1 aromatic carbocycles. The minimum atomic E-state index is -3.06. The molecule has 0 spiro atoms. The van der Waals surface area contributed by atoms with Crippen molar-refractivity contribution in [3.8, 4) is 0 Å². The Bertz CT molecular complexity index is 407. The Morgan fingerprint density at radius 3 is 2.53 bits per heavy atom. The first-order chi connectivity index (χ1) is 7.04. The van der Waals surface area contributed by atoms with Gasteiger partial charge in [-0.3, -0.25) is 0 Å². The predicted molar refractivity (Wildman–Crippen MR) is 62.8 cm³/mol. The van der Waals surface area contributed by atoms with E-state index in [1.807, 2.05) is 12.1 Å². The van der Waals surface area contributed by atoms with Crippen LogP contribution in [-0.2, 0) is 16.3 Å². The lowest BCUT2D eigenvalue weighted by molar-refractivity contribution is 0.601. The molecule has 0 N–H and O–H groups in total. The lowest BCUT2D eigenvalue weighted by Crippen LogP contribution is -1.98. The Morgan fingerprint density at radius 2 is 1.93 bits per heavy atom. The largest absolute Gasteiger partial charge is 0.224 e. The molecule has 0 aromatic heterocycles. The topological polar surface area (TPSA) is 34.1 Å². The third-order valence-corrected chi connectivity index (χ3v) is 3.51. The highest BCUT2D eigenvalue weighted by Crippen LogP contribution is 2.13. The van der Waals surface area contributed by atoms with Crippen molar-refractivity contribution in [1.29, 1.82) is 0 Å². The van der Waals surface area contributed by atoms with Gasteiger partial charge < -0.3 is 0 Å². The summed E-state index contributed by atoms with van der Waals surface area (Å²) in [5.41, 5.74) is 1.12. The Balaban J connectivity index is 2.75. The van der Waals surface area contributed by atoms with Crippen molar-refractivity contribution in [3.05, 3.63) is 29.8 Å². The van der Waals surface area contributed by atoms with E-state index in [9.17, 15) is 8.42 Å². The molecule has 0 bridgehead atoms. The molecule has 0 saturated heterocycles. The number of benzene rings is 1. The van der Waals surface area contributed by atoms with Crippen molar-refractivity contribution < 1.29 is 8.42 Å². The van der Waals surface area contributed by atoms with Gasteiger partial charge in [-0.25, -0.2) is 8.42 Å². The fourth-order valence-corrected chi connectivity index (χ4v) is 2.20. The number of hydrogen-bond acceptors (Lipinski definition) is 2. The summed E-state index contributed by atoms with van der Waals surface area (Å²) in [6, 6.07) is 7.24. The molecule has 0 fully saturated rings. The monoisotopic (exact) mass is 226 g/mol. The van der Waals surface area contributed by atoms with Crippen LogP contribution in [0.25, 0.3) is 0 Å².